The van der Waals surface area contributed by atoms with Crippen LogP contribution in [-0.2, 0) is 0 Å². The zero-order valence-electron chi connectivity index (χ0n) is 8.35. The molecule has 16 heavy (non-hydrogen) atoms. The summed E-state index contributed by atoms with van der Waals surface area (Å²) in [5.74, 6) is 0.402. The van der Waals surface area contributed by atoms with Crippen LogP contribution in [0.4, 0.5) is 5.69 Å². The average Bonchev–Trinajstić information content (AvgIpc) is 2.73. The van der Waals surface area contributed by atoms with Crippen molar-refractivity contribution in [3.8, 4) is 5.88 Å². The molecule has 6 nitrogen and oxygen atoms in total. The number of nitrogens with zero attached hydrogens (tertiary/aromatic N) is 2. The molecule has 1 N–H and O–H groups in total. The van der Waals surface area contributed by atoms with Gasteiger partial charge in [-0.25, -0.2) is 4.98 Å². The number of rotatable bonds is 3. The lowest BCUT2D eigenvalue weighted by molar-refractivity contribution is -0.385. The first-order valence-corrected chi connectivity index (χ1v) is 5.63. The molecule has 1 aromatic heterocycles. The van der Waals surface area contributed by atoms with Gasteiger partial charge in [0, 0.05) is 12.6 Å². The highest BCUT2D eigenvalue weighted by atomic mass is 79.9. The van der Waals surface area contributed by atoms with E-state index >= 15 is 0 Å². The summed E-state index contributed by atoms with van der Waals surface area (Å²) < 4.78 is 6.11. The SMILES string of the molecule is O=[N+]([O-])c1cnc(OC2CCNC2)c(Br)c1. The van der Waals surface area contributed by atoms with Gasteiger partial charge >= 0.3 is 0 Å². The monoisotopic (exact) mass is 287 g/mol. The molecule has 1 atom stereocenters. The van der Waals surface area contributed by atoms with Crippen molar-refractivity contribution in [2.75, 3.05) is 13.1 Å². The lowest BCUT2D eigenvalue weighted by atomic mass is 10.3. The van der Waals surface area contributed by atoms with Crippen molar-refractivity contribution in [2.45, 2.75) is 12.5 Å². The molecule has 1 fully saturated rings. The number of hydrogen-bond acceptors (Lipinski definition) is 5. The van der Waals surface area contributed by atoms with Crippen molar-refractivity contribution >= 4 is 21.6 Å². The predicted molar refractivity (Wildman–Crippen MR) is 60.5 cm³/mol. The quantitative estimate of drug-likeness (QED) is 0.673. The maximum Gasteiger partial charge on any atom is 0.288 e. The number of hydrogen-bond donors (Lipinski definition) is 1. The Morgan fingerprint density at radius 1 is 1.69 bits per heavy atom. The molecule has 1 aliphatic heterocycles. The van der Waals surface area contributed by atoms with Crippen LogP contribution in [0.5, 0.6) is 5.88 Å². The Labute approximate surface area is 100 Å². The van der Waals surface area contributed by atoms with E-state index in [0.29, 0.717) is 10.4 Å². The van der Waals surface area contributed by atoms with Crippen molar-refractivity contribution in [3.63, 3.8) is 0 Å². The van der Waals surface area contributed by atoms with Crippen LogP contribution < -0.4 is 10.1 Å². The van der Waals surface area contributed by atoms with Crippen LogP contribution in [0, 0.1) is 10.1 Å². The first kappa shape index (κ1) is 11.3. The first-order chi connectivity index (χ1) is 7.66. The maximum atomic E-state index is 10.5. The van der Waals surface area contributed by atoms with E-state index in [4.69, 9.17) is 4.74 Å². The summed E-state index contributed by atoms with van der Waals surface area (Å²) in [5.41, 5.74) is -0.0521. The number of nitro groups is 1. The summed E-state index contributed by atoms with van der Waals surface area (Å²) in [4.78, 5) is 13.9. The second-order valence-corrected chi connectivity index (χ2v) is 4.32. The van der Waals surface area contributed by atoms with E-state index in [9.17, 15) is 10.1 Å². The average molecular weight is 288 g/mol. The number of ether oxygens (including phenoxy) is 1. The van der Waals surface area contributed by atoms with Crippen LogP contribution in [0.2, 0.25) is 0 Å². The van der Waals surface area contributed by atoms with E-state index in [2.05, 4.69) is 26.2 Å². The summed E-state index contributed by atoms with van der Waals surface area (Å²) in [5, 5.41) is 13.7. The Bertz CT molecular complexity index is 407. The van der Waals surface area contributed by atoms with E-state index < -0.39 is 4.92 Å². The smallest absolute Gasteiger partial charge is 0.288 e. The molecule has 0 saturated carbocycles. The molecule has 0 aromatic carbocycles. The van der Waals surface area contributed by atoms with Crippen LogP contribution in [-0.4, -0.2) is 29.1 Å². The van der Waals surface area contributed by atoms with Crippen molar-refractivity contribution in [3.05, 3.63) is 26.9 Å². The van der Waals surface area contributed by atoms with Crippen LogP contribution in [0.15, 0.2) is 16.7 Å². The van der Waals surface area contributed by atoms with Gasteiger partial charge in [0.2, 0.25) is 5.88 Å². The summed E-state index contributed by atoms with van der Waals surface area (Å²) >= 11 is 3.21. The molecule has 0 spiro atoms. The van der Waals surface area contributed by atoms with Gasteiger partial charge in [0.25, 0.3) is 5.69 Å². The second-order valence-electron chi connectivity index (χ2n) is 3.47. The van der Waals surface area contributed by atoms with Gasteiger partial charge in [-0.1, -0.05) is 0 Å². The second kappa shape index (κ2) is 4.75. The van der Waals surface area contributed by atoms with E-state index in [1.165, 1.54) is 12.3 Å². The molecule has 7 heteroatoms. The summed E-state index contributed by atoms with van der Waals surface area (Å²) in [6, 6.07) is 1.39. The summed E-state index contributed by atoms with van der Waals surface area (Å²) in [6.07, 6.45) is 2.21. The minimum atomic E-state index is -0.487. The van der Waals surface area contributed by atoms with Crippen molar-refractivity contribution in [2.24, 2.45) is 0 Å². The van der Waals surface area contributed by atoms with Crippen LogP contribution in [0.25, 0.3) is 0 Å². The summed E-state index contributed by atoms with van der Waals surface area (Å²) in [6.45, 7) is 1.71. The van der Waals surface area contributed by atoms with E-state index in [1.807, 2.05) is 0 Å². The number of halogens is 1. The topological polar surface area (TPSA) is 77.3 Å². The molecule has 0 aliphatic carbocycles. The van der Waals surface area contributed by atoms with E-state index in [-0.39, 0.29) is 11.8 Å². The third-order valence-electron chi connectivity index (χ3n) is 2.30. The van der Waals surface area contributed by atoms with Gasteiger partial charge in [0.15, 0.2) is 0 Å². The van der Waals surface area contributed by atoms with Crippen LogP contribution >= 0.6 is 15.9 Å². The van der Waals surface area contributed by atoms with Gasteiger partial charge < -0.3 is 10.1 Å². The highest BCUT2D eigenvalue weighted by molar-refractivity contribution is 9.10. The van der Waals surface area contributed by atoms with Crippen molar-refractivity contribution in [1.82, 2.24) is 10.3 Å². The Morgan fingerprint density at radius 3 is 3.06 bits per heavy atom. The lowest BCUT2D eigenvalue weighted by Gasteiger charge is -2.12. The maximum absolute atomic E-state index is 10.5. The van der Waals surface area contributed by atoms with Gasteiger partial charge in [-0.05, 0) is 28.9 Å². The fraction of sp³-hybridized carbons (Fsp3) is 0.444. The molecule has 0 radical (unpaired) electrons. The first-order valence-electron chi connectivity index (χ1n) is 4.84. The third kappa shape index (κ3) is 2.48. The van der Waals surface area contributed by atoms with Crippen molar-refractivity contribution in [1.29, 1.82) is 0 Å². The molecule has 0 bridgehead atoms. The van der Waals surface area contributed by atoms with Gasteiger partial charge in [0.1, 0.15) is 12.3 Å². The molecular weight excluding hydrogens is 278 g/mol. The largest absolute Gasteiger partial charge is 0.472 e. The molecule has 1 aliphatic rings. The third-order valence-corrected chi connectivity index (χ3v) is 2.87. The van der Waals surface area contributed by atoms with Crippen LogP contribution in [0.3, 0.4) is 0 Å². The Morgan fingerprint density at radius 2 is 2.50 bits per heavy atom. The van der Waals surface area contributed by atoms with Crippen LogP contribution in [0.1, 0.15) is 6.42 Å². The molecule has 1 aromatic rings. The van der Waals surface area contributed by atoms with Gasteiger partial charge in [-0.15, -0.1) is 0 Å². The number of nitrogens with one attached hydrogen (secondary N) is 1. The molecule has 86 valence electrons. The molecular formula is C9H10BrN3O3. The fourth-order valence-electron chi connectivity index (χ4n) is 1.49. The predicted octanol–water partition coefficient (Wildman–Crippen LogP) is 1.49. The molecule has 1 saturated heterocycles. The lowest BCUT2D eigenvalue weighted by Crippen LogP contribution is -2.20. The molecule has 2 rings (SSSR count). The Kier molecular flexibility index (Phi) is 3.35. The van der Waals surface area contributed by atoms with Gasteiger partial charge in [0.05, 0.1) is 9.40 Å². The highest BCUT2D eigenvalue weighted by Crippen LogP contribution is 2.27. The van der Waals surface area contributed by atoms with Gasteiger partial charge in [-0.3, -0.25) is 10.1 Å². The molecule has 0 amide bonds. The molecule has 1 unspecified atom stereocenters. The Hall–Kier alpha value is -1.21. The minimum absolute atomic E-state index is 0.0521. The van der Waals surface area contributed by atoms with E-state index in [0.717, 1.165) is 19.5 Å². The Balaban J connectivity index is 2.12. The number of aromatic nitrogens is 1. The minimum Gasteiger partial charge on any atom is -0.472 e. The normalized spacial score (nSPS) is 19.7. The van der Waals surface area contributed by atoms with Crippen molar-refractivity contribution < 1.29 is 9.66 Å². The fourth-order valence-corrected chi connectivity index (χ4v) is 1.92. The molecule has 2 heterocycles. The van der Waals surface area contributed by atoms with Gasteiger partial charge in [-0.2, -0.15) is 0 Å². The zero-order valence-corrected chi connectivity index (χ0v) is 9.94. The van der Waals surface area contributed by atoms with E-state index in [1.54, 1.807) is 0 Å². The zero-order chi connectivity index (χ0) is 11.5. The standard InChI is InChI=1S/C9H10BrN3O3/c10-8-3-6(13(14)15)4-12-9(8)16-7-1-2-11-5-7/h3-4,7,11H,1-2,5H2. The highest BCUT2D eigenvalue weighted by Gasteiger charge is 2.19. The summed E-state index contributed by atoms with van der Waals surface area (Å²) in [7, 11) is 0. The number of pyridine rings is 1.